The largest absolute Gasteiger partial charge is 0.462 e. The zero-order chi connectivity index (χ0) is 55.0. The molecule has 1 unspecified atom stereocenters. The summed E-state index contributed by atoms with van der Waals surface area (Å²) in [4.78, 5) is 38.2. The monoisotopic (exact) mass is 1070 g/mol. The number of carbonyl (C=O) groups excluding carboxylic acids is 3. The number of ether oxygens (including phenoxy) is 3. The fourth-order valence-electron chi connectivity index (χ4n) is 10.3. The Morgan fingerprint density at radius 2 is 0.474 bits per heavy atom. The SMILES string of the molecule is CCCCC/C=C\C/C=C\C/C=C\CCCCCCCCC(=O)OC(COC(=O)CCCCCCCCCCC)COC(=O)CCCCCCCCCCCCCCCCCCCCCCCCCCCCCCCC. The molecule has 0 amide bonds. The highest BCUT2D eigenvalue weighted by Gasteiger charge is 2.19. The van der Waals surface area contributed by atoms with Gasteiger partial charge in [-0.15, -0.1) is 0 Å². The third kappa shape index (κ3) is 62.5. The molecule has 6 nitrogen and oxygen atoms in total. The molecule has 0 N–H and O–H groups in total. The third-order valence-electron chi connectivity index (χ3n) is 15.4. The topological polar surface area (TPSA) is 78.9 Å². The molecule has 76 heavy (non-hydrogen) atoms. The number of hydrogen-bond donors (Lipinski definition) is 0. The van der Waals surface area contributed by atoms with Crippen LogP contribution in [-0.2, 0) is 28.6 Å². The van der Waals surface area contributed by atoms with Crippen LogP contribution in [0.4, 0.5) is 0 Å². The van der Waals surface area contributed by atoms with Gasteiger partial charge in [-0.25, -0.2) is 0 Å². The average molecular weight is 1070 g/mol. The standard InChI is InChI=1S/C70H130O6/c1-4-7-10-13-16-19-21-23-25-27-29-30-31-32-33-34-35-36-37-38-39-41-42-44-46-48-51-54-57-60-63-69(72)75-66-67(65-74-68(71)62-59-56-53-50-18-15-12-9-6-3)76-70(73)64-61-58-55-52-49-47-45-43-40-28-26-24-22-20-17-14-11-8-5-2/h17,20,24,26,40,43,67H,4-16,18-19,21-23,25,27-39,41-42,44-66H2,1-3H3/b20-17-,26-24-,43-40-. The first kappa shape index (κ1) is 73.6. The molecule has 446 valence electrons. The molecule has 0 saturated carbocycles. The van der Waals surface area contributed by atoms with Crippen molar-refractivity contribution >= 4 is 17.9 Å². The van der Waals surface area contributed by atoms with Crippen molar-refractivity contribution in [2.75, 3.05) is 13.2 Å². The van der Waals surface area contributed by atoms with Crippen LogP contribution in [0.25, 0.3) is 0 Å². The smallest absolute Gasteiger partial charge is 0.306 e. The van der Waals surface area contributed by atoms with Crippen LogP contribution < -0.4 is 0 Å². The van der Waals surface area contributed by atoms with Gasteiger partial charge in [-0.1, -0.05) is 333 Å². The molecule has 0 saturated heterocycles. The van der Waals surface area contributed by atoms with Crippen molar-refractivity contribution in [3.8, 4) is 0 Å². The summed E-state index contributed by atoms with van der Waals surface area (Å²) >= 11 is 0. The lowest BCUT2D eigenvalue weighted by molar-refractivity contribution is -0.167. The highest BCUT2D eigenvalue weighted by atomic mass is 16.6. The van der Waals surface area contributed by atoms with Crippen molar-refractivity contribution in [3.05, 3.63) is 36.5 Å². The van der Waals surface area contributed by atoms with Gasteiger partial charge in [-0.3, -0.25) is 14.4 Å². The lowest BCUT2D eigenvalue weighted by atomic mass is 10.0. The predicted octanol–water partition coefficient (Wildman–Crippen LogP) is 23.2. The number of carbonyl (C=O) groups is 3. The van der Waals surface area contributed by atoms with E-state index in [0.29, 0.717) is 19.3 Å². The van der Waals surface area contributed by atoms with Crippen molar-refractivity contribution in [1.29, 1.82) is 0 Å². The predicted molar refractivity (Wildman–Crippen MR) is 330 cm³/mol. The maximum atomic E-state index is 12.9. The number of unbranched alkanes of at least 4 members (excludes halogenated alkanes) is 46. The van der Waals surface area contributed by atoms with Crippen LogP contribution in [0.15, 0.2) is 36.5 Å². The van der Waals surface area contributed by atoms with Gasteiger partial charge >= 0.3 is 17.9 Å². The van der Waals surface area contributed by atoms with Gasteiger partial charge in [0.25, 0.3) is 0 Å². The molecule has 0 aliphatic heterocycles. The highest BCUT2D eigenvalue weighted by Crippen LogP contribution is 2.18. The summed E-state index contributed by atoms with van der Waals surface area (Å²) in [5.74, 6) is -0.865. The Hall–Kier alpha value is -2.37. The summed E-state index contributed by atoms with van der Waals surface area (Å²) < 4.78 is 16.9. The van der Waals surface area contributed by atoms with E-state index in [9.17, 15) is 14.4 Å². The first-order valence-corrected chi connectivity index (χ1v) is 34.0. The normalized spacial score (nSPS) is 12.2. The van der Waals surface area contributed by atoms with E-state index in [4.69, 9.17) is 14.2 Å². The number of hydrogen-bond acceptors (Lipinski definition) is 6. The molecule has 0 aliphatic carbocycles. The van der Waals surface area contributed by atoms with E-state index in [0.717, 1.165) is 77.0 Å². The van der Waals surface area contributed by atoms with Crippen LogP contribution in [0.2, 0.25) is 0 Å². The van der Waals surface area contributed by atoms with Crippen LogP contribution in [0, 0.1) is 0 Å². The van der Waals surface area contributed by atoms with Crippen molar-refractivity contribution in [2.45, 2.75) is 380 Å². The summed E-state index contributed by atoms with van der Waals surface area (Å²) in [6.45, 7) is 6.64. The Bertz CT molecular complexity index is 1270. The summed E-state index contributed by atoms with van der Waals surface area (Å²) in [7, 11) is 0. The lowest BCUT2D eigenvalue weighted by Crippen LogP contribution is -2.30. The van der Waals surface area contributed by atoms with E-state index in [-0.39, 0.29) is 31.1 Å². The summed E-state index contributed by atoms with van der Waals surface area (Å²) in [5.41, 5.74) is 0. The van der Waals surface area contributed by atoms with E-state index in [1.807, 2.05) is 0 Å². The molecule has 0 heterocycles. The second kappa shape index (κ2) is 65.2. The van der Waals surface area contributed by atoms with E-state index < -0.39 is 6.10 Å². The summed E-state index contributed by atoms with van der Waals surface area (Å²) in [6, 6.07) is 0. The van der Waals surface area contributed by atoms with Crippen LogP contribution in [0.3, 0.4) is 0 Å². The summed E-state index contributed by atoms with van der Waals surface area (Å²) in [6.07, 6.45) is 80.5. The fourth-order valence-corrected chi connectivity index (χ4v) is 10.3. The van der Waals surface area contributed by atoms with Gasteiger partial charge in [0, 0.05) is 19.3 Å². The minimum Gasteiger partial charge on any atom is -0.462 e. The molecule has 0 aromatic carbocycles. The maximum absolute atomic E-state index is 12.9. The van der Waals surface area contributed by atoms with Gasteiger partial charge < -0.3 is 14.2 Å². The maximum Gasteiger partial charge on any atom is 0.306 e. The number of esters is 3. The van der Waals surface area contributed by atoms with Gasteiger partial charge in [0.05, 0.1) is 0 Å². The molecule has 0 bridgehead atoms. The quantitative estimate of drug-likeness (QED) is 0.0261. The molecule has 0 radical (unpaired) electrons. The van der Waals surface area contributed by atoms with Crippen molar-refractivity contribution in [3.63, 3.8) is 0 Å². The van der Waals surface area contributed by atoms with Crippen molar-refractivity contribution in [1.82, 2.24) is 0 Å². The zero-order valence-electron chi connectivity index (χ0n) is 51.3. The van der Waals surface area contributed by atoms with Gasteiger partial charge in [0.15, 0.2) is 6.10 Å². The Labute approximate surface area is 474 Å². The Morgan fingerprint density at radius 3 is 0.763 bits per heavy atom. The third-order valence-corrected chi connectivity index (χ3v) is 15.4. The molecular formula is C70H130O6. The van der Waals surface area contributed by atoms with E-state index >= 15 is 0 Å². The molecule has 0 fully saturated rings. The van der Waals surface area contributed by atoms with E-state index in [2.05, 4.69) is 57.2 Å². The summed E-state index contributed by atoms with van der Waals surface area (Å²) in [5, 5.41) is 0. The van der Waals surface area contributed by atoms with Gasteiger partial charge in [0.1, 0.15) is 13.2 Å². The van der Waals surface area contributed by atoms with E-state index in [1.54, 1.807) is 0 Å². The molecule has 1 atom stereocenters. The Balaban J connectivity index is 4.08. The second-order valence-electron chi connectivity index (χ2n) is 23.1. The highest BCUT2D eigenvalue weighted by molar-refractivity contribution is 5.71. The van der Waals surface area contributed by atoms with Crippen LogP contribution in [0.1, 0.15) is 374 Å². The molecule has 0 rings (SSSR count). The molecule has 0 aliphatic rings. The lowest BCUT2D eigenvalue weighted by Gasteiger charge is -2.18. The minimum atomic E-state index is -0.775. The molecule has 0 aromatic heterocycles. The minimum absolute atomic E-state index is 0.0727. The molecule has 0 spiro atoms. The average Bonchev–Trinajstić information content (AvgIpc) is 3.42. The zero-order valence-corrected chi connectivity index (χ0v) is 51.3. The van der Waals surface area contributed by atoms with E-state index in [1.165, 1.54) is 257 Å². The van der Waals surface area contributed by atoms with Crippen LogP contribution in [0.5, 0.6) is 0 Å². The first-order valence-electron chi connectivity index (χ1n) is 34.0. The van der Waals surface area contributed by atoms with Gasteiger partial charge in [0.2, 0.25) is 0 Å². The molecule has 0 aromatic rings. The Kier molecular flexibility index (Phi) is 63.1. The first-order chi connectivity index (χ1) is 37.5. The molecular weight excluding hydrogens is 937 g/mol. The molecule has 6 heteroatoms. The van der Waals surface area contributed by atoms with Gasteiger partial charge in [-0.05, 0) is 57.8 Å². The van der Waals surface area contributed by atoms with Crippen LogP contribution >= 0.6 is 0 Å². The Morgan fingerprint density at radius 1 is 0.263 bits per heavy atom. The number of rotatable bonds is 63. The van der Waals surface area contributed by atoms with Gasteiger partial charge in [-0.2, -0.15) is 0 Å². The second-order valence-corrected chi connectivity index (χ2v) is 23.1. The van der Waals surface area contributed by atoms with Crippen molar-refractivity contribution in [2.24, 2.45) is 0 Å². The van der Waals surface area contributed by atoms with Crippen molar-refractivity contribution < 1.29 is 28.6 Å². The van der Waals surface area contributed by atoms with Crippen LogP contribution in [-0.4, -0.2) is 37.2 Å². The number of allylic oxidation sites excluding steroid dienone is 6. The fraction of sp³-hybridized carbons (Fsp3) is 0.871.